The van der Waals surface area contributed by atoms with Crippen molar-refractivity contribution in [2.75, 3.05) is 13.1 Å². The predicted molar refractivity (Wildman–Crippen MR) is 98.2 cm³/mol. The Kier molecular flexibility index (Phi) is 6.84. The fraction of sp³-hybridized carbons (Fsp3) is 0.533. The predicted octanol–water partition coefficient (Wildman–Crippen LogP) is -0.0381. The van der Waals surface area contributed by atoms with Crippen LogP contribution < -0.4 is 33.2 Å². The van der Waals surface area contributed by atoms with Crippen molar-refractivity contribution >= 4 is 16.9 Å². The minimum Gasteiger partial charge on any atom is -0.466 e. The van der Waals surface area contributed by atoms with E-state index in [1.165, 1.54) is 11.1 Å². The molecule has 1 aromatic heterocycles. The van der Waals surface area contributed by atoms with E-state index in [0.717, 1.165) is 24.9 Å². The number of hydrogen-bond acceptors (Lipinski definition) is 8. The summed E-state index contributed by atoms with van der Waals surface area (Å²) in [7, 11) is 0. The normalized spacial score (nSPS) is 20.0. The summed E-state index contributed by atoms with van der Waals surface area (Å²) in [5, 5.41) is 17.2. The first-order valence-electron chi connectivity index (χ1n) is 7.85. The molecule has 0 bridgehead atoms. The van der Waals surface area contributed by atoms with Gasteiger partial charge in [0.2, 0.25) is 0 Å². The number of nitrogens with one attached hydrogen (secondary N) is 4. The molecule has 0 saturated carbocycles. The van der Waals surface area contributed by atoms with Crippen LogP contribution in [0.3, 0.4) is 0 Å². The summed E-state index contributed by atoms with van der Waals surface area (Å²) in [5.41, 5.74) is 20.2. The highest BCUT2D eigenvalue weighted by Crippen LogP contribution is 2.17. The van der Waals surface area contributed by atoms with E-state index in [1.54, 1.807) is 6.26 Å². The van der Waals surface area contributed by atoms with Crippen molar-refractivity contribution in [1.29, 1.82) is 5.41 Å². The number of nitrogens with two attached hydrogens (primary N) is 3. The molecule has 0 fully saturated rings. The fourth-order valence-corrected chi connectivity index (χ4v) is 3.16. The zero-order valence-corrected chi connectivity index (χ0v) is 14.8. The van der Waals surface area contributed by atoms with Gasteiger partial charge in [-0.1, -0.05) is 17.3 Å². The smallest absolute Gasteiger partial charge is 0.152 e. The number of thioether (sulfide) groups is 1. The van der Waals surface area contributed by atoms with Crippen LogP contribution in [-0.4, -0.2) is 35.8 Å². The molecule has 134 valence electrons. The number of furan rings is 1. The monoisotopic (exact) mass is 353 g/mol. The van der Waals surface area contributed by atoms with Gasteiger partial charge in [0, 0.05) is 19.1 Å². The van der Waals surface area contributed by atoms with Crippen molar-refractivity contribution in [3.05, 3.63) is 35.3 Å². The summed E-state index contributed by atoms with van der Waals surface area (Å²) in [4.78, 5) is 0. The summed E-state index contributed by atoms with van der Waals surface area (Å²) in [6.45, 7) is 5.70. The molecule has 2 rings (SSSR count). The molecule has 0 saturated heterocycles. The average Bonchev–Trinajstić information content (AvgIpc) is 3.16. The third-order valence-electron chi connectivity index (χ3n) is 3.98. The molecular weight excluding hydrogens is 326 g/mol. The molecule has 10 N–H and O–H groups in total. The van der Waals surface area contributed by atoms with Gasteiger partial charge in [0.1, 0.15) is 11.9 Å². The molecule has 0 spiro atoms. The maximum Gasteiger partial charge on any atom is 0.152 e. The van der Waals surface area contributed by atoms with Crippen molar-refractivity contribution in [3.8, 4) is 0 Å². The van der Waals surface area contributed by atoms with Gasteiger partial charge >= 0.3 is 0 Å². The van der Waals surface area contributed by atoms with Gasteiger partial charge in [0.15, 0.2) is 5.17 Å². The molecule has 1 aliphatic heterocycles. The molecule has 0 aromatic carbocycles. The van der Waals surface area contributed by atoms with Crippen molar-refractivity contribution in [1.82, 2.24) is 16.0 Å². The van der Waals surface area contributed by atoms with Gasteiger partial charge < -0.3 is 26.9 Å². The summed E-state index contributed by atoms with van der Waals surface area (Å²) in [6.07, 6.45) is 0.999. The van der Waals surface area contributed by atoms with E-state index >= 15 is 0 Å². The van der Waals surface area contributed by atoms with Crippen LogP contribution in [0.15, 0.2) is 34.0 Å². The molecule has 4 atom stereocenters. The van der Waals surface area contributed by atoms with E-state index in [0.29, 0.717) is 5.76 Å². The zero-order valence-electron chi connectivity index (χ0n) is 14.0. The maximum atomic E-state index is 7.37. The Labute approximate surface area is 146 Å². The molecule has 1 aliphatic rings. The van der Waals surface area contributed by atoms with Gasteiger partial charge in [-0.15, -0.1) is 0 Å². The van der Waals surface area contributed by atoms with Crippen LogP contribution in [-0.2, 0) is 0 Å². The molecule has 1 aromatic rings. The lowest BCUT2D eigenvalue weighted by Crippen LogP contribution is -2.55. The second-order valence-electron chi connectivity index (χ2n) is 5.90. The molecule has 9 heteroatoms. The van der Waals surface area contributed by atoms with Crippen LogP contribution >= 0.6 is 11.8 Å². The van der Waals surface area contributed by atoms with Crippen LogP contribution in [0.25, 0.3) is 0 Å². The lowest BCUT2D eigenvalue weighted by molar-refractivity contribution is 0.341. The van der Waals surface area contributed by atoms with Crippen LogP contribution in [0.2, 0.25) is 0 Å². The first-order valence-corrected chi connectivity index (χ1v) is 8.73. The van der Waals surface area contributed by atoms with Gasteiger partial charge in [-0.25, -0.2) is 0 Å². The number of amidine groups is 1. The van der Waals surface area contributed by atoms with E-state index in [1.807, 2.05) is 19.1 Å². The lowest BCUT2D eigenvalue weighted by atomic mass is 10.1. The minimum atomic E-state index is -0.442. The Morgan fingerprint density at radius 3 is 2.67 bits per heavy atom. The highest BCUT2D eigenvalue weighted by molar-refractivity contribution is 8.14. The average molecular weight is 353 g/mol. The quantitative estimate of drug-likeness (QED) is 0.149. The van der Waals surface area contributed by atoms with Crippen molar-refractivity contribution in [3.63, 3.8) is 0 Å². The van der Waals surface area contributed by atoms with E-state index < -0.39 is 6.17 Å². The van der Waals surface area contributed by atoms with Gasteiger partial charge in [-0.2, -0.15) is 0 Å². The Morgan fingerprint density at radius 2 is 2.12 bits per heavy atom. The van der Waals surface area contributed by atoms with E-state index in [9.17, 15) is 0 Å². The Hall–Kier alpha value is -1.36. The van der Waals surface area contributed by atoms with Crippen molar-refractivity contribution in [2.45, 2.75) is 37.6 Å². The van der Waals surface area contributed by atoms with Crippen molar-refractivity contribution < 1.29 is 4.42 Å². The standard InChI is InChI=1S/C15H27N7OS/c1-8-6-20-7-10(8)14(21-9(2)13(17)24-15(18)19)22-12(16)11-4-3-5-23-11/h3-5,9,12-14,20-22H,6-7,16-17H2,1-2H3,(H3,18,19). The molecule has 4 unspecified atom stereocenters. The SMILES string of the molecule is CC1=C(C(NC(N)c2ccco2)NC(C)C(N)SC(=N)N)CNC1. The van der Waals surface area contributed by atoms with Crippen LogP contribution in [0.1, 0.15) is 25.8 Å². The molecule has 0 aliphatic carbocycles. The Morgan fingerprint density at radius 1 is 1.38 bits per heavy atom. The molecule has 24 heavy (non-hydrogen) atoms. The molecular formula is C15H27N7OS. The molecule has 8 nitrogen and oxygen atoms in total. The zero-order chi connectivity index (χ0) is 17.7. The Balaban J connectivity index is 2.08. The fourth-order valence-electron chi connectivity index (χ4n) is 2.58. The summed E-state index contributed by atoms with van der Waals surface area (Å²) in [6, 6.07) is 3.56. The molecule has 0 radical (unpaired) electrons. The van der Waals surface area contributed by atoms with Crippen LogP contribution in [0.5, 0.6) is 0 Å². The van der Waals surface area contributed by atoms with Gasteiger partial charge in [0.05, 0.1) is 17.8 Å². The second-order valence-corrected chi connectivity index (χ2v) is 7.12. The van der Waals surface area contributed by atoms with Crippen LogP contribution in [0, 0.1) is 5.41 Å². The van der Waals surface area contributed by atoms with E-state index in [-0.39, 0.29) is 22.7 Å². The number of hydrogen-bond donors (Lipinski definition) is 7. The molecule has 2 heterocycles. The van der Waals surface area contributed by atoms with Gasteiger partial charge in [-0.3, -0.25) is 16.0 Å². The highest BCUT2D eigenvalue weighted by Gasteiger charge is 2.26. The highest BCUT2D eigenvalue weighted by atomic mass is 32.2. The van der Waals surface area contributed by atoms with Crippen molar-refractivity contribution in [2.24, 2.45) is 17.2 Å². The maximum absolute atomic E-state index is 7.37. The number of rotatable bonds is 8. The third kappa shape index (κ3) is 5.07. The largest absolute Gasteiger partial charge is 0.466 e. The summed E-state index contributed by atoms with van der Waals surface area (Å²) >= 11 is 1.13. The van der Waals surface area contributed by atoms with E-state index in [2.05, 4.69) is 22.9 Å². The lowest BCUT2D eigenvalue weighted by Gasteiger charge is -2.30. The van der Waals surface area contributed by atoms with E-state index in [4.69, 9.17) is 27.0 Å². The summed E-state index contributed by atoms with van der Waals surface area (Å²) < 4.78 is 5.37. The minimum absolute atomic E-state index is 0.00544. The van der Waals surface area contributed by atoms with Gasteiger partial charge in [-0.05, 0) is 31.6 Å². The summed E-state index contributed by atoms with van der Waals surface area (Å²) in [5.74, 6) is 0.668. The topological polar surface area (TPSA) is 151 Å². The first kappa shape index (κ1) is 19.0. The third-order valence-corrected chi connectivity index (χ3v) is 4.92. The van der Waals surface area contributed by atoms with Gasteiger partial charge in [0.25, 0.3) is 0 Å². The molecule has 0 amide bonds. The Bertz CT molecular complexity index is 574. The first-order chi connectivity index (χ1) is 11.4. The van der Waals surface area contributed by atoms with Crippen LogP contribution in [0.4, 0.5) is 0 Å². The second kappa shape index (κ2) is 8.65.